The van der Waals surface area contributed by atoms with Crippen molar-refractivity contribution in [2.75, 3.05) is 17.7 Å². The third-order valence-electron chi connectivity index (χ3n) is 7.91. The van der Waals surface area contributed by atoms with E-state index in [2.05, 4.69) is 10.6 Å². The number of unbranched alkanes of at least 4 members (excludes halogenated alkanes) is 2. The summed E-state index contributed by atoms with van der Waals surface area (Å²) >= 11 is 6.43. The number of benzene rings is 3. The molecule has 3 aromatic carbocycles. The van der Waals surface area contributed by atoms with Gasteiger partial charge in [0.15, 0.2) is 24.0 Å². The number of hydrogen-bond acceptors (Lipinski definition) is 8. The summed E-state index contributed by atoms with van der Waals surface area (Å²) in [7, 11) is 1.46. The second-order valence-corrected chi connectivity index (χ2v) is 11.9. The third-order valence-corrected chi connectivity index (χ3v) is 8.24. The lowest BCUT2D eigenvalue weighted by molar-refractivity contribution is -0.134. The molecule has 254 valence electrons. The minimum absolute atomic E-state index is 0.0369. The molecule has 0 aliphatic carbocycles. The van der Waals surface area contributed by atoms with Gasteiger partial charge in [-0.05, 0) is 87.2 Å². The number of hydrogen-bond donors (Lipinski definition) is 2. The minimum atomic E-state index is -1.90. The van der Waals surface area contributed by atoms with Gasteiger partial charge in [0.25, 0.3) is 17.7 Å². The summed E-state index contributed by atoms with van der Waals surface area (Å²) in [5.41, 5.74) is 2.35. The number of amides is 4. The number of ketones is 1. The molecule has 11 nitrogen and oxygen atoms in total. The Morgan fingerprint density at radius 2 is 1.67 bits per heavy atom. The first-order chi connectivity index (χ1) is 23.0. The second-order valence-electron chi connectivity index (χ2n) is 11.5. The lowest BCUT2D eigenvalue weighted by Gasteiger charge is -2.23. The average molecular weight is 678 g/mol. The van der Waals surface area contributed by atoms with Gasteiger partial charge in [0.05, 0.1) is 17.8 Å². The molecule has 4 rings (SSSR count). The van der Waals surface area contributed by atoms with Crippen molar-refractivity contribution in [1.29, 1.82) is 0 Å². The summed E-state index contributed by atoms with van der Waals surface area (Å²) in [5, 5.41) is 5.45. The van der Waals surface area contributed by atoms with Crippen LogP contribution in [0.1, 0.15) is 67.4 Å². The minimum Gasteiger partial charge on any atom is -0.497 e. The summed E-state index contributed by atoms with van der Waals surface area (Å²) in [4.78, 5) is 67.9. The van der Waals surface area contributed by atoms with Crippen LogP contribution in [0.25, 0.3) is 0 Å². The first-order valence-corrected chi connectivity index (χ1v) is 16.2. The van der Waals surface area contributed by atoms with Crippen LogP contribution in [0.5, 0.6) is 11.5 Å². The van der Waals surface area contributed by atoms with Gasteiger partial charge in [0.2, 0.25) is 0 Å². The highest BCUT2D eigenvalue weighted by Crippen LogP contribution is 2.29. The molecule has 0 bridgehead atoms. The van der Waals surface area contributed by atoms with Crippen molar-refractivity contribution in [2.24, 2.45) is 0 Å². The van der Waals surface area contributed by atoms with Crippen LogP contribution < -0.4 is 20.1 Å². The zero-order valence-corrected chi connectivity index (χ0v) is 28.4. The fourth-order valence-electron chi connectivity index (χ4n) is 5.27. The lowest BCUT2D eigenvalue weighted by atomic mass is 10.0. The van der Waals surface area contributed by atoms with E-state index >= 15 is 0 Å². The van der Waals surface area contributed by atoms with E-state index in [0.717, 1.165) is 24.0 Å². The molecule has 48 heavy (non-hydrogen) atoms. The molecule has 2 N–H and O–H groups in total. The van der Waals surface area contributed by atoms with Crippen LogP contribution >= 0.6 is 11.6 Å². The molecule has 3 atom stereocenters. The smallest absolute Gasteiger partial charge is 0.418 e. The van der Waals surface area contributed by atoms with E-state index < -0.39 is 47.8 Å². The largest absolute Gasteiger partial charge is 0.497 e. The van der Waals surface area contributed by atoms with Crippen molar-refractivity contribution in [3.63, 3.8) is 0 Å². The third kappa shape index (κ3) is 8.51. The molecule has 1 aliphatic rings. The Hall–Kier alpha value is -4.90. The van der Waals surface area contributed by atoms with Crippen molar-refractivity contribution >= 4 is 52.6 Å². The summed E-state index contributed by atoms with van der Waals surface area (Å²) in [6.07, 6.45) is -0.0438. The van der Waals surface area contributed by atoms with Crippen molar-refractivity contribution in [1.82, 2.24) is 4.90 Å². The molecule has 3 aromatic rings. The molecule has 0 spiro atoms. The highest BCUT2D eigenvalue weighted by atomic mass is 35.5. The van der Waals surface area contributed by atoms with Gasteiger partial charge in [-0.15, -0.1) is 0 Å². The quantitative estimate of drug-likeness (QED) is 0.101. The maximum absolute atomic E-state index is 13.9. The van der Waals surface area contributed by atoms with Gasteiger partial charge in [-0.1, -0.05) is 56.0 Å². The van der Waals surface area contributed by atoms with Crippen molar-refractivity contribution in [3.05, 3.63) is 82.4 Å². The van der Waals surface area contributed by atoms with Crippen LogP contribution in [0.15, 0.2) is 60.7 Å². The van der Waals surface area contributed by atoms with E-state index in [1.807, 2.05) is 45.9 Å². The molecular formula is C36H40ClN3O8. The monoisotopic (exact) mass is 677 g/mol. The SMILES string of the molecule is CCCCCC1OC(=O)N(C(C(=O)Nc2cc(NC(=O)C(CC)Oc3ccc(C)cc3C)ccc2Cl)C(=O)c2ccc(OC)cc2)C1=O. The summed E-state index contributed by atoms with van der Waals surface area (Å²) in [6, 6.07) is 14.1. The molecule has 1 aliphatic heterocycles. The highest BCUT2D eigenvalue weighted by Gasteiger charge is 2.49. The van der Waals surface area contributed by atoms with E-state index in [-0.39, 0.29) is 28.4 Å². The number of methoxy groups -OCH3 is 1. The topological polar surface area (TPSA) is 140 Å². The molecule has 0 aromatic heterocycles. The number of carbonyl (C=O) groups is 5. The lowest BCUT2D eigenvalue weighted by Crippen LogP contribution is -2.52. The first kappa shape index (κ1) is 35.9. The van der Waals surface area contributed by atoms with Crippen molar-refractivity contribution in [2.45, 2.75) is 78.0 Å². The molecule has 0 radical (unpaired) electrons. The van der Waals surface area contributed by atoms with Crippen LogP contribution in [-0.4, -0.2) is 59.9 Å². The number of nitrogens with one attached hydrogen (secondary N) is 2. The molecule has 0 saturated carbocycles. The molecule has 12 heteroatoms. The Kier molecular flexibility index (Phi) is 12.2. The van der Waals surface area contributed by atoms with Gasteiger partial charge in [-0.2, -0.15) is 0 Å². The Morgan fingerprint density at radius 1 is 0.938 bits per heavy atom. The van der Waals surface area contributed by atoms with Crippen LogP contribution in [0.3, 0.4) is 0 Å². The Balaban J connectivity index is 1.58. The van der Waals surface area contributed by atoms with Crippen molar-refractivity contribution in [3.8, 4) is 11.5 Å². The number of Topliss-reactive ketones (excluding diaryl/α,β-unsaturated/α-hetero) is 1. The number of cyclic esters (lactones) is 1. The van der Waals surface area contributed by atoms with Crippen LogP contribution in [0, 0.1) is 13.8 Å². The maximum Gasteiger partial charge on any atom is 0.418 e. The fraction of sp³-hybridized carbons (Fsp3) is 0.361. The Bertz CT molecular complexity index is 1680. The molecule has 1 saturated heterocycles. The number of nitrogens with zero attached hydrogens (tertiary/aromatic N) is 1. The predicted molar refractivity (Wildman–Crippen MR) is 182 cm³/mol. The number of halogens is 1. The number of ether oxygens (including phenoxy) is 3. The highest BCUT2D eigenvalue weighted by molar-refractivity contribution is 6.34. The molecule has 1 fully saturated rings. The summed E-state index contributed by atoms with van der Waals surface area (Å²) < 4.78 is 16.5. The predicted octanol–water partition coefficient (Wildman–Crippen LogP) is 6.88. The number of imide groups is 1. The molecule has 1 heterocycles. The van der Waals surface area contributed by atoms with Crippen LogP contribution in [-0.2, 0) is 19.1 Å². The summed E-state index contributed by atoms with van der Waals surface area (Å²) in [5.74, 6) is -1.96. The van der Waals surface area contributed by atoms with Crippen molar-refractivity contribution < 1.29 is 38.2 Å². The van der Waals surface area contributed by atoms with Gasteiger partial charge in [-0.3, -0.25) is 19.2 Å². The number of rotatable bonds is 15. The normalized spacial score (nSPS) is 15.4. The molecule has 4 amide bonds. The first-order valence-electron chi connectivity index (χ1n) is 15.8. The maximum atomic E-state index is 13.9. The number of aryl methyl sites for hydroxylation is 2. The Labute approximate surface area is 284 Å². The average Bonchev–Trinajstić information content (AvgIpc) is 3.34. The van der Waals surface area contributed by atoms with E-state index in [0.29, 0.717) is 29.2 Å². The number of carbonyl (C=O) groups excluding carboxylic acids is 5. The van der Waals surface area contributed by atoms with Crippen LogP contribution in [0.4, 0.5) is 16.2 Å². The van der Waals surface area contributed by atoms with Gasteiger partial charge in [-0.25, -0.2) is 9.69 Å². The van der Waals surface area contributed by atoms with E-state index in [4.69, 9.17) is 25.8 Å². The fourth-order valence-corrected chi connectivity index (χ4v) is 5.43. The van der Waals surface area contributed by atoms with E-state index in [9.17, 15) is 24.0 Å². The standard InChI is InChI=1S/C36H40ClN3O8/c1-6-8-9-10-30-35(44)40(36(45)48-30)31(32(41)23-12-15-25(46-5)16-13-23)34(43)39-27-20-24(14-17-26(27)37)38-33(42)28(7-2)47-29-18-11-21(3)19-22(29)4/h11-20,28,30-31H,6-10H2,1-5H3,(H,38,42)(H,39,43). The van der Waals surface area contributed by atoms with E-state index in [1.54, 1.807) is 6.07 Å². The zero-order valence-electron chi connectivity index (χ0n) is 27.6. The van der Waals surface area contributed by atoms with Gasteiger partial charge < -0.3 is 24.8 Å². The second kappa shape index (κ2) is 16.3. The Morgan fingerprint density at radius 3 is 2.31 bits per heavy atom. The zero-order chi connectivity index (χ0) is 35.0. The molecular weight excluding hydrogens is 638 g/mol. The number of anilines is 2. The van der Waals surface area contributed by atoms with Gasteiger partial charge >= 0.3 is 6.09 Å². The van der Waals surface area contributed by atoms with E-state index in [1.165, 1.54) is 43.5 Å². The van der Waals surface area contributed by atoms with Gasteiger partial charge in [0.1, 0.15) is 11.5 Å². The molecule has 3 unspecified atom stereocenters. The van der Waals surface area contributed by atoms with Crippen LogP contribution in [0.2, 0.25) is 5.02 Å². The summed E-state index contributed by atoms with van der Waals surface area (Å²) in [6.45, 7) is 7.68. The van der Waals surface area contributed by atoms with Gasteiger partial charge in [0, 0.05) is 11.3 Å².